The largest absolute Gasteiger partial charge is 0.385 e. The van der Waals surface area contributed by atoms with Crippen molar-refractivity contribution < 1.29 is 4.74 Å². The number of hydrogen-bond donors (Lipinski definition) is 1. The molecule has 0 aromatic carbocycles. The number of aliphatic imine (C=N–C) groups is 1. The van der Waals surface area contributed by atoms with Gasteiger partial charge in [0.15, 0.2) is 11.8 Å². The number of halogens is 2. The van der Waals surface area contributed by atoms with Crippen LogP contribution in [0.4, 0.5) is 0 Å². The van der Waals surface area contributed by atoms with Gasteiger partial charge in [-0.2, -0.15) is 0 Å². The predicted molar refractivity (Wildman–Crippen MR) is 120 cm³/mol. The summed E-state index contributed by atoms with van der Waals surface area (Å²) in [7, 11) is 5.71. The van der Waals surface area contributed by atoms with Crippen molar-refractivity contribution in [2.75, 3.05) is 27.3 Å². The fourth-order valence-electron chi connectivity index (χ4n) is 2.21. The molecule has 0 aliphatic carbocycles. The van der Waals surface area contributed by atoms with Crippen LogP contribution in [0, 0.1) is 6.92 Å². The van der Waals surface area contributed by atoms with E-state index in [9.17, 15) is 0 Å². The molecule has 0 spiro atoms. The summed E-state index contributed by atoms with van der Waals surface area (Å²) in [6, 6.07) is 4.19. The van der Waals surface area contributed by atoms with E-state index in [0.717, 1.165) is 47.5 Å². The minimum atomic E-state index is 0. The summed E-state index contributed by atoms with van der Waals surface area (Å²) in [6.45, 7) is 4.75. The Hall–Kier alpha value is -0.720. The zero-order valence-electron chi connectivity index (χ0n) is 15.5. The first-order valence-corrected chi connectivity index (χ1v) is 9.69. The Kier molecular flexibility index (Phi) is 10.7. The van der Waals surface area contributed by atoms with Gasteiger partial charge in [-0.1, -0.05) is 0 Å². The molecule has 0 bridgehead atoms. The lowest BCUT2D eigenvalue weighted by atomic mass is 10.4. The lowest BCUT2D eigenvalue weighted by Crippen LogP contribution is -2.39. The number of aromatic nitrogens is 3. The molecular weight excluding hydrogens is 531 g/mol. The van der Waals surface area contributed by atoms with Crippen LogP contribution in [0.1, 0.15) is 22.9 Å². The van der Waals surface area contributed by atoms with Crippen LogP contribution in [0.5, 0.6) is 0 Å². The summed E-state index contributed by atoms with van der Waals surface area (Å²) in [4.78, 5) is 8.12. The SMILES string of the molecule is COCCCNC(=NCc1nnc(C)n1C)N(C)Cc1ccc(Br)s1.I. The molecule has 0 saturated carbocycles. The van der Waals surface area contributed by atoms with Crippen molar-refractivity contribution in [3.05, 3.63) is 32.4 Å². The molecule has 0 saturated heterocycles. The van der Waals surface area contributed by atoms with Gasteiger partial charge >= 0.3 is 0 Å². The highest BCUT2D eigenvalue weighted by molar-refractivity contribution is 14.0. The van der Waals surface area contributed by atoms with Gasteiger partial charge in [0, 0.05) is 39.2 Å². The highest BCUT2D eigenvalue weighted by Gasteiger charge is 2.10. The van der Waals surface area contributed by atoms with E-state index in [1.54, 1.807) is 18.4 Å². The standard InChI is InChI=1S/C16H25BrN6OS.HI/c1-12-20-21-15(23(12)3)10-19-16(18-8-5-9-24-4)22(2)11-13-6-7-14(17)25-13;/h6-7H,5,8-11H2,1-4H3,(H,18,19);1H. The van der Waals surface area contributed by atoms with E-state index < -0.39 is 0 Å². The van der Waals surface area contributed by atoms with Crippen LogP contribution in [0.3, 0.4) is 0 Å². The third-order valence-electron chi connectivity index (χ3n) is 3.74. The van der Waals surface area contributed by atoms with E-state index >= 15 is 0 Å². The fourth-order valence-corrected chi connectivity index (χ4v) is 3.74. The lowest BCUT2D eigenvalue weighted by molar-refractivity contribution is 0.195. The summed E-state index contributed by atoms with van der Waals surface area (Å²) in [5.41, 5.74) is 0. The Morgan fingerprint density at radius 2 is 2.19 bits per heavy atom. The number of ether oxygens (including phenoxy) is 1. The van der Waals surface area contributed by atoms with Crippen molar-refractivity contribution in [3.63, 3.8) is 0 Å². The van der Waals surface area contributed by atoms with Crippen molar-refractivity contribution in [3.8, 4) is 0 Å². The molecule has 0 fully saturated rings. The molecule has 146 valence electrons. The van der Waals surface area contributed by atoms with E-state index in [1.165, 1.54) is 4.88 Å². The summed E-state index contributed by atoms with van der Waals surface area (Å²) in [5, 5.41) is 11.7. The van der Waals surface area contributed by atoms with E-state index in [0.29, 0.717) is 6.54 Å². The van der Waals surface area contributed by atoms with Crippen LogP contribution in [0.25, 0.3) is 0 Å². The third kappa shape index (κ3) is 7.12. The summed E-state index contributed by atoms with van der Waals surface area (Å²) in [5.74, 6) is 2.58. The summed E-state index contributed by atoms with van der Waals surface area (Å²) in [6.07, 6.45) is 0.928. The molecule has 7 nitrogen and oxygen atoms in total. The summed E-state index contributed by atoms with van der Waals surface area (Å²) >= 11 is 5.24. The average Bonchev–Trinajstić information content (AvgIpc) is 3.13. The zero-order valence-corrected chi connectivity index (χ0v) is 20.3. The third-order valence-corrected chi connectivity index (χ3v) is 5.35. The molecule has 2 aromatic heterocycles. The first-order chi connectivity index (χ1) is 12.0. The molecule has 1 N–H and O–H groups in total. The minimum Gasteiger partial charge on any atom is -0.385 e. The molecule has 0 aliphatic rings. The second-order valence-corrected chi connectivity index (χ2v) is 8.24. The minimum absolute atomic E-state index is 0. The molecule has 0 unspecified atom stereocenters. The van der Waals surface area contributed by atoms with Crippen molar-refractivity contribution in [1.29, 1.82) is 0 Å². The van der Waals surface area contributed by atoms with E-state index in [4.69, 9.17) is 9.73 Å². The van der Waals surface area contributed by atoms with Gasteiger partial charge in [-0.15, -0.1) is 45.5 Å². The second-order valence-electron chi connectivity index (χ2n) is 5.70. The van der Waals surface area contributed by atoms with Gasteiger partial charge in [-0.3, -0.25) is 0 Å². The van der Waals surface area contributed by atoms with Gasteiger partial charge < -0.3 is 19.5 Å². The fraction of sp³-hybridized carbons (Fsp3) is 0.562. The van der Waals surface area contributed by atoms with Gasteiger partial charge in [-0.25, -0.2) is 4.99 Å². The number of nitrogens with zero attached hydrogens (tertiary/aromatic N) is 5. The number of hydrogen-bond acceptors (Lipinski definition) is 5. The van der Waals surface area contributed by atoms with Gasteiger partial charge in [0.25, 0.3) is 0 Å². The molecule has 26 heavy (non-hydrogen) atoms. The number of aryl methyl sites for hydroxylation is 1. The molecule has 10 heteroatoms. The van der Waals surface area contributed by atoms with Crippen LogP contribution < -0.4 is 5.32 Å². The van der Waals surface area contributed by atoms with Gasteiger partial charge in [0.2, 0.25) is 0 Å². The Labute approximate surface area is 184 Å². The van der Waals surface area contributed by atoms with Crippen molar-refractivity contribution in [1.82, 2.24) is 25.0 Å². The average molecular weight is 557 g/mol. The summed E-state index contributed by atoms with van der Waals surface area (Å²) < 4.78 is 8.21. The maximum Gasteiger partial charge on any atom is 0.194 e. The second kappa shape index (κ2) is 11.9. The first-order valence-electron chi connectivity index (χ1n) is 8.08. The monoisotopic (exact) mass is 556 g/mol. The van der Waals surface area contributed by atoms with Crippen LogP contribution in [-0.2, 0) is 24.9 Å². The molecular formula is C16H26BrIN6OS. The number of thiophene rings is 1. The molecule has 2 heterocycles. The van der Waals surface area contributed by atoms with Crippen LogP contribution in [-0.4, -0.2) is 52.9 Å². The van der Waals surface area contributed by atoms with Crippen molar-refractivity contribution >= 4 is 57.2 Å². The molecule has 0 radical (unpaired) electrons. The molecule has 0 aliphatic heterocycles. The maximum atomic E-state index is 5.11. The molecule has 0 atom stereocenters. The highest BCUT2D eigenvalue weighted by atomic mass is 127. The van der Waals surface area contributed by atoms with Crippen LogP contribution >= 0.6 is 51.2 Å². The molecule has 0 amide bonds. The zero-order chi connectivity index (χ0) is 18.2. The normalized spacial score (nSPS) is 11.3. The maximum absolute atomic E-state index is 5.11. The van der Waals surface area contributed by atoms with Crippen LogP contribution in [0.2, 0.25) is 0 Å². The quantitative estimate of drug-likeness (QED) is 0.234. The van der Waals surface area contributed by atoms with E-state index in [2.05, 4.69) is 48.5 Å². The Balaban J connectivity index is 0.00000338. The van der Waals surface area contributed by atoms with E-state index in [1.807, 2.05) is 25.6 Å². The Bertz CT molecular complexity index is 705. The van der Waals surface area contributed by atoms with Crippen molar-refractivity contribution in [2.24, 2.45) is 12.0 Å². The lowest BCUT2D eigenvalue weighted by Gasteiger charge is -2.22. The topological polar surface area (TPSA) is 67.6 Å². The predicted octanol–water partition coefficient (Wildman–Crippen LogP) is 3.18. The number of nitrogens with one attached hydrogen (secondary N) is 1. The number of rotatable bonds is 8. The van der Waals surface area contributed by atoms with Gasteiger partial charge in [0.05, 0.1) is 10.3 Å². The Morgan fingerprint density at radius 1 is 1.42 bits per heavy atom. The number of guanidine groups is 1. The molecule has 2 rings (SSSR count). The smallest absolute Gasteiger partial charge is 0.194 e. The first kappa shape index (κ1) is 23.3. The van der Waals surface area contributed by atoms with Gasteiger partial charge in [-0.05, 0) is 41.4 Å². The van der Waals surface area contributed by atoms with Crippen LogP contribution in [0.15, 0.2) is 20.9 Å². The molecule has 2 aromatic rings. The van der Waals surface area contributed by atoms with Gasteiger partial charge in [0.1, 0.15) is 12.4 Å². The Morgan fingerprint density at radius 3 is 2.77 bits per heavy atom. The van der Waals surface area contributed by atoms with E-state index in [-0.39, 0.29) is 24.0 Å². The highest BCUT2D eigenvalue weighted by Crippen LogP contribution is 2.23. The number of methoxy groups -OCH3 is 1. The van der Waals surface area contributed by atoms with Crippen molar-refractivity contribution in [2.45, 2.75) is 26.4 Å².